The molecule has 0 spiro atoms. The summed E-state index contributed by atoms with van der Waals surface area (Å²) in [5.74, 6) is 2.30. The van der Waals surface area contributed by atoms with Crippen molar-refractivity contribution in [1.29, 1.82) is 0 Å². The van der Waals surface area contributed by atoms with Crippen molar-refractivity contribution >= 4 is 18.3 Å². The summed E-state index contributed by atoms with van der Waals surface area (Å²) in [6.07, 6.45) is 2.56. The zero-order valence-electron chi connectivity index (χ0n) is 16.0. The topological polar surface area (TPSA) is 68.8 Å². The molecule has 3 aliphatic rings. The molecule has 4 unspecified atom stereocenters. The van der Waals surface area contributed by atoms with Crippen LogP contribution >= 0.6 is 12.4 Å². The van der Waals surface area contributed by atoms with Gasteiger partial charge in [-0.2, -0.15) is 0 Å². The predicted octanol–water partition coefficient (Wildman–Crippen LogP) is 2.18. The maximum Gasteiger partial charge on any atom is 0.221 e. The summed E-state index contributed by atoms with van der Waals surface area (Å²) in [6.45, 7) is 6.87. The van der Waals surface area contributed by atoms with Crippen LogP contribution in [-0.4, -0.2) is 50.5 Å². The summed E-state index contributed by atoms with van der Waals surface area (Å²) >= 11 is 0. The standard InChI is InChI=1S/C20H28N2O4.ClH/c1-3-25-19-7-13-6-12(2)26-18(13)10-16(19)15-9-17(15)22-20(23)8-14-11-24-5-4-21-14;/h7,10,12,14-15,17,21H,3-6,8-9,11H2,1-2H3,(H,22,23);1H. The minimum Gasteiger partial charge on any atom is -0.494 e. The van der Waals surface area contributed by atoms with Crippen LogP contribution in [0.2, 0.25) is 0 Å². The van der Waals surface area contributed by atoms with Crippen LogP contribution in [0.3, 0.4) is 0 Å². The highest BCUT2D eigenvalue weighted by atomic mass is 35.5. The Hall–Kier alpha value is -1.50. The zero-order valence-corrected chi connectivity index (χ0v) is 16.8. The maximum atomic E-state index is 12.3. The van der Waals surface area contributed by atoms with Gasteiger partial charge in [-0.15, -0.1) is 12.4 Å². The van der Waals surface area contributed by atoms with Crippen molar-refractivity contribution in [3.8, 4) is 11.5 Å². The summed E-state index contributed by atoms with van der Waals surface area (Å²) < 4.78 is 17.2. The first-order valence-electron chi connectivity index (χ1n) is 9.70. The molecule has 150 valence electrons. The first-order chi connectivity index (χ1) is 12.6. The van der Waals surface area contributed by atoms with Gasteiger partial charge in [0, 0.05) is 48.5 Å². The second-order valence-corrected chi connectivity index (χ2v) is 7.51. The number of amides is 1. The van der Waals surface area contributed by atoms with Crippen LogP contribution in [0.5, 0.6) is 11.5 Å². The van der Waals surface area contributed by atoms with E-state index in [0.29, 0.717) is 25.6 Å². The third-order valence-corrected chi connectivity index (χ3v) is 5.29. The highest BCUT2D eigenvalue weighted by molar-refractivity contribution is 5.85. The van der Waals surface area contributed by atoms with Crippen molar-refractivity contribution in [2.24, 2.45) is 0 Å². The predicted molar refractivity (Wildman–Crippen MR) is 105 cm³/mol. The second kappa shape index (κ2) is 8.67. The fourth-order valence-corrected chi connectivity index (χ4v) is 3.96. The van der Waals surface area contributed by atoms with Crippen LogP contribution in [0.15, 0.2) is 12.1 Å². The van der Waals surface area contributed by atoms with Crippen LogP contribution in [0, 0.1) is 0 Å². The number of ether oxygens (including phenoxy) is 3. The summed E-state index contributed by atoms with van der Waals surface area (Å²) in [6, 6.07) is 4.55. The lowest BCUT2D eigenvalue weighted by atomic mass is 10.0. The Labute approximate surface area is 166 Å². The number of halogens is 1. The van der Waals surface area contributed by atoms with E-state index in [1.165, 1.54) is 5.56 Å². The highest BCUT2D eigenvalue weighted by Crippen LogP contribution is 2.48. The molecule has 0 bridgehead atoms. The Morgan fingerprint density at radius 2 is 2.26 bits per heavy atom. The Morgan fingerprint density at radius 1 is 1.41 bits per heavy atom. The second-order valence-electron chi connectivity index (χ2n) is 7.51. The van der Waals surface area contributed by atoms with Gasteiger partial charge in [0.15, 0.2) is 0 Å². The van der Waals surface area contributed by atoms with Gasteiger partial charge in [0.1, 0.15) is 17.6 Å². The van der Waals surface area contributed by atoms with Crippen LogP contribution in [0.4, 0.5) is 0 Å². The molecule has 2 fully saturated rings. The van der Waals surface area contributed by atoms with Gasteiger partial charge >= 0.3 is 0 Å². The number of carbonyl (C=O) groups is 1. The fraction of sp³-hybridized carbons (Fsp3) is 0.650. The van der Waals surface area contributed by atoms with E-state index in [1.807, 2.05) is 6.92 Å². The van der Waals surface area contributed by atoms with Crippen molar-refractivity contribution in [3.05, 3.63) is 23.3 Å². The summed E-state index contributed by atoms with van der Waals surface area (Å²) in [7, 11) is 0. The minimum absolute atomic E-state index is 0. The first kappa shape index (κ1) is 20.2. The minimum atomic E-state index is 0. The highest BCUT2D eigenvalue weighted by Gasteiger charge is 2.42. The molecule has 7 heteroatoms. The van der Waals surface area contributed by atoms with Gasteiger partial charge < -0.3 is 24.8 Å². The third-order valence-electron chi connectivity index (χ3n) is 5.29. The number of benzene rings is 1. The lowest BCUT2D eigenvalue weighted by Gasteiger charge is -2.23. The molecule has 0 radical (unpaired) electrons. The lowest BCUT2D eigenvalue weighted by molar-refractivity contribution is -0.122. The molecule has 2 aliphatic heterocycles. The van der Waals surface area contributed by atoms with Gasteiger partial charge in [-0.3, -0.25) is 4.79 Å². The molecule has 2 N–H and O–H groups in total. The molecule has 1 amide bonds. The Kier molecular flexibility index (Phi) is 6.50. The van der Waals surface area contributed by atoms with E-state index in [0.717, 1.165) is 43.1 Å². The molecular weight excluding hydrogens is 368 g/mol. The monoisotopic (exact) mass is 396 g/mol. The molecule has 27 heavy (non-hydrogen) atoms. The smallest absolute Gasteiger partial charge is 0.221 e. The molecule has 1 aliphatic carbocycles. The van der Waals surface area contributed by atoms with Crippen molar-refractivity contribution in [3.63, 3.8) is 0 Å². The number of fused-ring (bicyclic) bond motifs is 1. The van der Waals surface area contributed by atoms with Crippen molar-refractivity contribution in [1.82, 2.24) is 10.6 Å². The fourth-order valence-electron chi connectivity index (χ4n) is 3.96. The SMILES string of the molecule is CCOc1cc2c(cc1C1CC1NC(=O)CC1COCCN1)OC(C)C2.Cl. The van der Waals surface area contributed by atoms with Gasteiger partial charge in [-0.1, -0.05) is 0 Å². The van der Waals surface area contributed by atoms with Crippen LogP contribution in [-0.2, 0) is 16.0 Å². The van der Waals surface area contributed by atoms with Gasteiger partial charge in [-0.05, 0) is 32.4 Å². The normalized spacial score (nSPS) is 28.5. The van der Waals surface area contributed by atoms with Crippen LogP contribution in [0.1, 0.15) is 43.7 Å². The van der Waals surface area contributed by atoms with E-state index >= 15 is 0 Å². The van der Waals surface area contributed by atoms with Gasteiger partial charge in [0.2, 0.25) is 5.91 Å². The quantitative estimate of drug-likeness (QED) is 0.771. The molecular formula is C20H29ClN2O4. The molecule has 1 saturated carbocycles. The number of morpholine rings is 1. The van der Waals surface area contributed by atoms with Gasteiger partial charge in [0.25, 0.3) is 0 Å². The van der Waals surface area contributed by atoms with E-state index in [-0.39, 0.29) is 36.5 Å². The Balaban J connectivity index is 0.00000210. The number of nitrogens with one attached hydrogen (secondary N) is 2. The Bertz CT molecular complexity index is 678. The van der Waals surface area contributed by atoms with E-state index in [1.54, 1.807) is 0 Å². The lowest BCUT2D eigenvalue weighted by Crippen LogP contribution is -2.44. The molecule has 4 rings (SSSR count). The number of carbonyl (C=O) groups excluding carboxylic acids is 1. The summed E-state index contributed by atoms with van der Waals surface area (Å²) in [5, 5.41) is 6.49. The van der Waals surface area contributed by atoms with Gasteiger partial charge in [-0.25, -0.2) is 0 Å². The third kappa shape index (κ3) is 4.68. The molecule has 1 aromatic carbocycles. The molecule has 0 aromatic heterocycles. The molecule has 4 atom stereocenters. The number of rotatable bonds is 6. The molecule has 1 aromatic rings. The summed E-state index contributed by atoms with van der Waals surface area (Å²) in [5.41, 5.74) is 2.37. The summed E-state index contributed by atoms with van der Waals surface area (Å²) in [4.78, 5) is 12.3. The maximum absolute atomic E-state index is 12.3. The molecule has 1 saturated heterocycles. The van der Waals surface area contributed by atoms with Gasteiger partial charge in [0.05, 0.1) is 19.8 Å². The first-order valence-corrected chi connectivity index (χ1v) is 9.70. The average molecular weight is 397 g/mol. The van der Waals surface area contributed by atoms with E-state index in [2.05, 4.69) is 29.7 Å². The van der Waals surface area contributed by atoms with Crippen LogP contribution in [0.25, 0.3) is 0 Å². The van der Waals surface area contributed by atoms with E-state index in [9.17, 15) is 4.79 Å². The molecule has 2 heterocycles. The van der Waals surface area contributed by atoms with Crippen molar-refractivity contribution in [2.45, 2.75) is 57.2 Å². The number of hydrogen-bond acceptors (Lipinski definition) is 5. The van der Waals surface area contributed by atoms with Crippen LogP contribution < -0.4 is 20.1 Å². The van der Waals surface area contributed by atoms with Crippen molar-refractivity contribution in [2.75, 3.05) is 26.4 Å². The van der Waals surface area contributed by atoms with E-state index in [4.69, 9.17) is 14.2 Å². The average Bonchev–Trinajstić information content (AvgIpc) is 3.26. The van der Waals surface area contributed by atoms with E-state index < -0.39 is 0 Å². The van der Waals surface area contributed by atoms with Crippen molar-refractivity contribution < 1.29 is 19.0 Å². The largest absolute Gasteiger partial charge is 0.494 e. The zero-order chi connectivity index (χ0) is 18.1. The Morgan fingerprint density at radius 3 is 3.00 bits per heavy atom. The number of hydrogen-bond donors (Lipinski definition) is 2. The molecule has 6 nitrogen and oxygen atoms in total.